The van der Waals surface area contributed by atoms with Crippen molar-refractivity contribution in [3.8, 4) is 0 Å². The summed E-state index contributed by atoms with van der Waals surface area (Å²) in [6, 6.07) is 3.75. The highest BCUT2D eigenvalue weighted by atomic mass is 32.2. The van der Waals surface area contributed by atoms with Gasteiger partial charge in [0.25, 0.3) is 5.69 Å². The molecule has 0 aliphatic heterocycles. The number of hydrogen-bond donors (Lipinski definition) is 2. The molecule has 0 saturated heterocycles. The number of aliphatic hydroxyl groups is 1. The first-order valence-corrected chi connectivity index (χ1v) is 8.44. The van der Waals surface area contributed by atoms with Gasteiger partial charge < -0.3 is 10.4 Å². The van der Waals surface area contributed by atoms with Gasteiger partial charge in [-0.3, -0.25) is 10.1 Å². The van der Waals surface area contributed by atoms with Crippen molar-refractivity contribution in [1.82, 2.24) is 0 Å². The second-order valence-electron chi connectivity index (χ2n) is 5.68. The molecule has 116 valence electrons. The second-order valence-corrected chi connectivity index (χ2v) is 7.70. The first-order chi connectivity index (χ1) is 9.67. The molecular weight excluding hydrogens is 296 g/mol. The van der Waals surface area contributed by atoms with Crippen molar-refractivity contribution < 1.29 is 18.4 Å². The maximum atomic E-state index is 11.5. The molecule has 8 heteroatoms. The maximum absolute atomic E-state index is 11.5. The Bertz CT molecular complexity index is 669. The number of nitrogens with zero attached hydrogens (tertiary/aromatic N) is 1. The van der Waals surface area contributed by atoms with Gasteiger partial charge in [-0.1, -0.05) is 0 Å². The lowest BCUT2D eigenvalue weighted by Crippen LogP contribution is -2.41. The van der Waals surface area contributed by atoms with E-state index >= 15 is 0 Å². The lowest BCUT2D eigenvalue weighted by Gasteiger charge is -2.29. The maximum Gasteiger partial charge on any atom is 0.293 e. The molecule has 21 heavy (non-hydrogen) atoms. The second kappa shape index (κ2) is 5.27. The Balaban J connectivity index is 2.42. The van der Waals surface area contributed by atoms with Crippen molar-refractivity contribution in [3.63, 3.8) is 0 Å². The fourth-order valence-electron chi connectivity index (χ4n) is 2.30. The number of nitrogens with one attached hydrogen (secondary N) is 1. The van der Waals surface area contributed by atoms with Crippen molar-refractivity contribution in [1.29, 1.82) is 0 Å². The summed E-state index contributed by atoms with van der Waals surface area (Å²) in [5, 5.41) is 23.7. The molecule has 0 heterocycles. The Kier molecular flexibility index (Phi) is 3.94. The molecule has 0 bridgehead atoms. The zero-order valence-electron chi connectivity index (χ0n) is 11.9. The van der Waals surface area contributed by atoms with Gasteiger partial charge in [0, 0.05) is 12.3 Å². The van der Waals surface area contributed by atoms with Gasteiger partial charge in [0.2, 0.25) is 0 Å². The molecule has 0 spiro atoms. The Morgan fingerprint density at radius 3 is 2.52 bits per heavy atom. The zero-order chi connectivity index (χ0) is 15.8. The molecule has 1 aromatic rings. The molecule has 2 rings (SSSR count). The van der Waals surface area contributed by atoms with Crippen molar-refractivity contribution >= 4 is 21.2 Å². The molecule has 1 aliphatic carbocycles. The summed E-state index contributed by atoms with van der Waals surface area (Å²) in [6.07, 6.45) is 2.92. The van der Waals surface area contributed by atoms with Crippen LogP contribution in [-0.4, -0.2) is 36.8 Å². The molecule has 7 nitrogen and oxygen atoms in total. The molecular formula is C13H18N2O5S. The summed E-state index contributed by atoms with van der Waals surface area (Å²) in [4.78, 5) is 10.4. The van der Waals surface area contributed by atoms with E-state index in [1.165, 1.54) is 12.1 Å². The van der Waals surface area contributed by atoms with Crippen LogP contribution in [0.1, 0.15) is 19.8 Å². The van der Waals surface area contributed by atoms with Crippen LogP contribution < -0.4 is 5.32 Å². The average molecular weight is 314 g/mol. The molecule has 1 fully saturated rings. The first-order valence-electron chi connectivity index (χ1n) is 6.55. The fraction of sp³-hybridized carbons (Fsp3) is 0.538. The Morgan fingerprint density at radius 1 is 1.48 bits per heavy atom. The van der Waals surface area contributed by atoms with E-state index in [1.54, 1.807) is 6.92 Å². The summed E-state index contributed by atoms with van der Waals surface area (Å²) < 4.78 is 23.0. The van der Waals surface area contributed by atoms with Crippen LogP contribution in [0.4, 0.5) is 11.4 Å². The van der Waals surface area contributed by atoms with Crippen LogP contribution in [-0.2, 0) is 9.84 Å². The quantitative estimate of drug-likeness (QED) is 0.609. The molecule has 0 amide bonds. The van der Waals surface area contributed by atoms with Gasteiger partial charge in [-0.05, 0) is 37.8 Å². The molecule has 0 aromatic heterocycles. The number of hydrogen-bond acceptors (Lipinski definition) is 6. The summed E-state index contributed by atoms with van der Waals surface area (Å²) >= 11 is 0. The van der Waals surface area contributed by atoms with Crippen LogP contribution in [0.25, 0.3) is 0 Å². The van der Waals surface area contributed by atoms with E-state index in [1.807, 2.05) is 0 Å². The topological polar surface area (TPSA) is 110 Å². The van der Waals surface area contributed by atoms with Gasteiger partial charge in [-0.15, -0.1) is 0 Å². The van der Waals surface area contributed by atoms with Crippen LogP contribution in [0, 0.1) is 16.0 Å². The number of nitro benzene ring substituents is 1. The van der Waals surface area contributed by atoms with Gasteiger partial charge in [0.05, 0.1) is 22.0 Å². The van der Waals surface area contributed by atoms with Crippen LogP contribution in [0.5, 0.6) is 0 Å². The molecule has 1 aromatic carbocycles. The third-order valence-electron chi connectivity index (χ3n) is 3.82. The summed E-state index contributed by atoms with van der Waals surface area (Å²) in [6.45, 7) is 1.65. The van der Waals surface area contributed by atoms with E-state index in [9.17, 15) is 23.6 Å². The fourth-order valence-corrected chi connectivity index (χ4v) is 2.94. The molecule has 0 radical (unpaired) electrons. The minimum atomic E-state index is -3.51. The lowest BCUT2D eigenvalue weighted by molar-refractivity contribution is -0.384. The summed E-state index contributed by atoms with van der Waals surface area (Å²) in [5.74, 6) is 0.261. The molecule has 1 atom stereocenters. The van der Waals surface area contributed by atoms with Crippen LogP contribution in [0.15, 0.2) is 23.1 Å². The number of aliphatic hydroxyl groups excluding tert-OH is 1. The zero-order valence-corrected chi connectivity index (χ0v) is 12.7. The predicted octanol–water partition coefficient (Wildman–Crippen LogP) is 1.57. The van der Waals surface area contributed by atoms with Crippen molar-refractivity contribution in [3.05, 3.63) is 28.3 Å². The predicted molar refractivity (Wildman–Crippen MR) is 78.0 cm³/mol. The van der Waals surface area contributed by atoms with Crippen LogP contribution in [0.2, 0.25) is 0 Å². The third kappa shape index (κ3) is 3.33. The van der Waals surface area contributed by atoms with E-state index in [2.05, 4.69) is 5.32 Å². The first kappa shape index (κ1) is 15.7. The van der Waals surface area contributed by atoms with E-state index < -0.39 is 20.3 Å². The average Bonchev–Trinajstić information content (AvgIpc) is 3.22. The van der Waals surface area contributed by atoms with Gasteiger partial charge in [-0.25, -0.2) is 8.42 Å². The Labute approximate surface area is 123 Å². The van der Waals surface area contributed by atoms with Crippen LogP contribution in [0.3, 0.4) is 0 Å². The number of sulfone groups is 1. The molecule has 1 unspecified atom stereocenters. The SMILES string of the molecule is CC(CO)(Nc1ccc(S(C)(=O)=O)cc1[N+](=O)[O-])C1CC1. The Hall–Kier alpha value is -1.67. The van der Waals surface area contributed by atoms with Gasteiger partial charge in [0.1, 0.15) is 5.69 Å². The molecule has 2 N–H and O–H groups in total. The normalized spacial score (nSPS) is 18.0. The standard InChI is InChI=1S/C13H18N2O5S/c1-13(8-16,9-3-4-9)14-11-6-5-10(21(2,19)20)7-12(11)15(17)18/h5-7,9,14,16H,3-4,8H2,1-2H3. The highest BCUT2D eigenvalue weighted by Crippen LogP contribution is 2.42. The minimum absolute atomic E-state index is 0.100. The van der Waals surface area contributed by atoms with Crippen LogP contribution >= 0.6 is 0 Å². The van der Waals surface area contributed by atoms with E-state index in [0.717, 1.165) is 25.2 Å². The van der Waals surface area contributed by atoms with Gasteiger partial charge in [-0.2, -0.15) is 0 Å². The number of benzene rings is 1. The van der Waals surface area contributed by atoms with E-state index in [0.29, 0.717) is 0 Å². The smallest absolute Gasteiger partial charge is 0.293 e. The highest BCUT2D eigenvalue weighted by Gasteiger charge is 2.42. The van der Waals surface area contributed by atoms with Crippen molar-refractivity contribution in [2.45, 2.75) is 30.2 Å². The number of rotatable bonds is 6. The molecule has 1 saturated carbocycles. The van der Waals surface area contributed by atoms with E-state index in [-0.39, 0.29) is 28.8 Å². The summed E-state index contributed by atoms with van der Waals surface area (Å²) in [5.41, 5.74) is -0.730. The monoisotopic (exact) mass is 314 g/mol. The van der Waals surface area contributed by atoms with Gasteiger partial charge >= 0.3 is 0 Å². The Morgan fingerprint density at radius 2 is 2.10 bits per heavy atom. The van der Waals surface area contributed by atoms with Crippen molar-refractivity contribution in [2.75, 3.05) is 18.2 Å². The van der Waals surface area contributed by atoms with Gasteiger partial charge in [0.15, 0.2) is 9.84 Å². The number of anilines is 1. The van der Waals surface area contributed by atoms with E-state index in [4.69, 9.17) is 0 Å². The largest absolute Gasteiger partial charge is 0.394 e. The highest BCUT2D eigenvalue weighted by molar-refractivity contribution is 7.90. The minimum Gasteiger partial charge on any atom is -0.394 e. The molecule has 1 aliphatic rings. The van der Waals surface area contributed by atoms with Crippen molar-refractivity contribution in [2.24, 2.45) is 5.92 Å². The lowest BCUT2D eigenvalue weighted by atomic mass is 9.96. The summed E-state index contributed by atoms with van der Waals surface area (Å²) in [7, 11) is -3.51. The number of nitro groups is 1. The third-order valence-corrected chi connectivity index (χ3v) is 4.93.